The lowest BCUT2D eigenvalue weighted by atomic mass is 10.1. The highest BCUT2D eigenvalue weighted by molar-refractivity contribution is 5.73. The van der Waals surface area contributed by atoms with Gasteiger partial charge in [0.1, 0.15) is 12.4 Å². The van der Waals surface area contributed by atoms with Crippen LogP contribution in [0.25, 0.3) is 0 Å². The highest BCUT2D eigenvalue weighted by Crippen LogP contribution is 2.30. The summed E-state index contributed by atoms with van der Waals surface area (Å²) in [6.07, 6.45) is -0.221. The average Bonchev–Trinajstić information content (AvgIpc) is 2.63. The SMILES string of the molecule is Cc1ccc(OCNC(=O)NCC2COc3ccccc3O2)cc1C. The van der Waals surface area contributed by atoms with Crippen molar-refractivity contribution in [1.82, 2.24) is 10.6 Å². The first-order valence-corrected chi connectivity index (χ1v) is 8.22. The predicted molar refractivity (Wildman–Crippen MR) is 94.3 cm³/mol. The Morgan fingerprint density at radius 2 is 1.92 bits per heavy atom. The lowest BCUT2D eigenvalue weighted by Gasteiger charge is -2.26. The minimum absolute atomic E-state index is 0.0964. The minimum Gasteiger partial charge on any atom is -0.486 e. The largest absolute Gasteiger partial charge is 0.486 e. The molecule has 0 aliphatic carbocycles. The van der Waals surface area contributed by atoms with Gasteiger partial charge in [-0.1, -0.05) is 18.2 Å². The van der Waals surface area contributed by atoms with Gasteiger partial charge in [0.25, 0.3) is 0 Å². The van der Waals surface area contributed by atoms with Crippen LogP contribution in [0.5, 0.6) is 17.2 Å². The first kappa shape index (κ1) is 17.0. The molecule has 6 heteroatoms. The third-order valence-corrected chi connectivity index (χ3v) is 4.01. The van der Waals surface area contributed by atoms with E-state index in [4.69, 9.17) is 14.2 Å². The molecule has 2 N–H and O–H groups in total. The van der Waals surface area contributed by atoms with Crippen LogP contribution in [-0.2, 0) is 0 Å². The molecule has 1 heterocycles. The van der Waals surface area contributed by atoms with Crippen molar-refractivity contribution in [2.75, 3.05) is 19.9 Å². The van der Waals surface area contributed by atoms with Gasteiger partial charge < -0.3 is 24.8 Å². The van der Waals surface area contributed by atoms with Crippen LogP contribution in [0.3, 0.4) is 0 Å². The van der Waals surface area contributed by atoms with E-state index in [-0.39, 0.29) is 18.9 Å². The second-order valence-electron chi connectivity index (χ2n) is 5.92. The Kier molecular flexibility index (Phi) is 5.28. The van der Waals surface area contributed by atoms with Gasteiger partial charge in [0, 0.05) is 0 Å². The molecule has 0 aromatic heterocycles. The zero-order valence-corrected chi connectivity index (χ0v) is 14.4. The zero-order valence-electron chi connectivity index (χ0n) is 14.4. The summed E-state index contributed by atoms with van der Waals surface area (Å²) in [4.78, 5) is 11.8. The van der Waals surface area contributed by atoms with Gasteiger partial charge in [-0.2, -0.15) is 0 Å². The molecule has 1 aliphatic heterocycles. The number of urea groups is 1. The number of carbonyl (C=O) groups is 1. The number of hydrogen-bond acceptors (Lipinski definition) is 4. The van der Waals surface area contributed by atoms with Gasteiger partial charge in [0.15, 0.2) is 24.3 Å². The van der Waals surface area contributed by atoms with Crippen molar-refractivity contribution in [2.24, 2.45) is 0 Å². The normalized spacial score (nSPS) is 15.4. The summed E-state index contributed by atoms with van der Waals surface area (Å²) >= 11 is 0. The Hall–Kier alpha value is -2.89. The van der Waals surface area contributed by atoms with E-state index in [2.05, 4.69) is 10.6 Å². The van der Waals surface area contributed by atoms with E-state index in [1.165, 1.54) is 5.56 Å². The summed E-state index contributed by atoms with van der Waals surface area (Å²) in [5.41, 5.74) is 2.35. The molecule has 132 valence electrons. The molecular weight excluding hydrogens is 320 g/mol. The fraction of sp³-hybridized carbons (Fsp3) is 0.316. The Morgan fingerprint density at radius 1 is 1.12 bits per heavy atom. The molecule has 0 bridgehead atoms. The molecule has 2 aromatic rings. The molecule has 0 fully saturated rings. The van der Waals surface area contributed by atoms with Gasteiger partial charge in [-0.05, 0) is 49.2 Å². The Morgan fingerprint density at radius 3 is 2.72 bits per heavy atom. The molecular formula is C19H22N2O4. The van der Waals surface area contributed by atoms with Gasteiger partial charge in [-0.3, -0.25) is 0 Å². The van der Waals surface area contributed by atoms with Crippen molar-refractivity contribution in [3.8, 4) is 17.2 Å². The number of hydrogen-bond donors (Lipinski definition) is 2. The number of fused-ring (bicyclic) bond motifs is 1. The van der Waals surface area contributed by atoms with Crippen LogP contribution in [0.15, 0.2) is 42.5 Å². The molecule has 2 aromatic carbocycles. The summed E-state index contributed by atoms with van der Waals surface area (Å²) in [6.45, 7) is 4.91. The van der Waals surface area contributed by atoms with Gasteiger partial charge in [-0.15, -0.1) is 0 Å². The second-order valence-corrected chi connectivity index (χ2v) is 5.92. The third kappa shape index (κ3) is 4.56. The van der Waals surface area contributed by atoms with Gasteiger partial charge in [-0.25, -0.2) is 4.79 Å². The van der Waals surface area contributed by atoms with E-state index in [1.54, 1.807) is 0 Å². The second kappa shape index (κ2) is 7.79. The number of nitrogens with one attached hydrogen (secondary N) is 2. The first-order valence-electron chi connectivity index (χ1n) is 8.22. The summed E-state index contributed by atoms with van der Waals surface area (Å²) in [7, 11) is 0. The van der Waals surface area contributed by atoms with E-state index in [0.29, 0.717) is 18.9 Å². The van der Waals surface area contributed by atoms with Crippen LogP contribution in [0, 0.1) is 13.8 Å². The fourth-order valence-corrected chi connectivity index (χ4v) is 2.42. The smallest absolute Gasteiger partial charge is 0.317 e. The first-order chi connectivity index (χ1) is 12.1. The highest BCUT2D eigenvalue weighted by Gasteiger charge is 2.20. The van der Waals surface area contributed by atoms with Crippen LogP contribution >= 0.6 is 0 Å². The molecule has 0 saturated carbocycles. The van der Waals surface area contributed by atoms with Crippen molar-refractivity contribution >= 4 is 6.03 Å². The lowest BCUT2D eigenvalue weighted by Crippen LogP contribution is -2.45. The van der Waals surface area contributed by atoms with Gasteiger partial charge in [0.05, 0.1) is 6.54 Å². The molecule has 0 saturated heterocycles. The number of benzene rings is 2. The summed E-state index contributed by atoms with van der Waals surface area (Å²) in [5, 5.41) is 5.41. The molecule has 0 radical (unpaired) electrons. The van der Waals surface area contributed by atoms with E-state index >= 15 is 0 Å². The standard InChI is InChI=1S/C19H22N2O4/c1-13-7-8-15(9-14(13)2)24-12-21-19(22)20-10-16-11-23-17-5-3-4-6-18(17)25-16/h3-9,16H,10-12H2,1-2H3,(H2,20,21,22). The van der Waals surface area contributed by atoms with E-state index in [9.17, 15) is 4.79 Å². The van der Waals surface area contributed by atoms with Crippen molar-refractivity contribution in [1.29, 1.82) is 0 Å². The molecule has 1 unspecified atom stereocenters. The number of carbonyl (C=O) groups excluding carboxylic acids is 1. The zero-order chi connectivity index (χ0) is 17.6. The third-order valence-electron chi connectivity index (χ3n) is 4.01. The van der Waals surface area contributed by atoms with E-state index in [0.717, 1.165) is 17.1 Å². The maximum Gasteiger partial charge on any atom is 0.317 e. The molecule has 25 heavy (non-hydrogen) atoms. The Bertz CT molecular complexity index is 748. The molecule has 6 nitrogen and oxygen atoms in total. The Balaban J connectivity index is 1.38. The van der Waals surface area contributed by atoms with Crippen molar-refractivity contribution in [2.45, 2.75) is 20.0 Å². The van der Waals surface area contributed by atoms with Crippen LogP contribution in [0.2, 0.25) is 0 Å². The molecule has 1 aliphatic rings. The molecule has 0 spiro atoms. The van der Waals surface area contributed by atoms with Crippen LogP contribution < -0.4 is 24.8 Å². The number of para-hydroxylation sites is 2. The predicted octanol–water partition coefficient (Wildman–Crippen LogP) is 2.78. The van der Waals surface area contributed by atoms with E-state index in [1.807, 2.05) is 56.3 Å². The lowest BCUT2D eigenvalue weighted by molar-refractivity contribution is 0.0915. The number of rotatable bonds is 5. The highest BCUT2D eigenvalue weighted by atomic mass is 16.6. The number of ether oxygens (including phenoxy) is 3. The summed E-state index contributed by atoms with van der Waals surface area (Å²) in [5.74, 6) is 2.15. The molecule has 1 atom stereocenters. The van der Waals surface area contributed by atoms with E-state index < -0.39 is 0 Å². The average molecular weight is 342 g/mol. The Labute approximate surface area is 147 Å². The maximum absolute atomic E-state index is 11.8. The minimum atomic E-state index is -0.314. The monoisotopic (exact) mass is 342 g/mol. The van der Waals surface area contributed by atoms with Gasteiger partial charge >= 0.3 is 6.03 Å². The van der Waals surface area contributed by atoms with Crippen molar-refractivity contribution in [3.63, 3.8) is 0 Å². The topological polar surface area (TPSA) is 68.8 Å². The number of amides is 2. The molecule has 3 rings (SSSR count). The van der Waals surface area contributed by atoms with Crippen LogP contribution in [0.4, 0.5) is 4.79 Å². The van der Waals surface area contributed by atoms with Crippen LogP contribution in [-0.4, -0.2) is 32.0 Å². The summed E-state index contributed by atoms with van der Waals surface area (Å²) < 4.78 is 16.9. The maximum atomic E-state index is 11.8. The van der Waals surface area contributed by atoms with Gasteiger partial charge in [0.2, 0.25) is 0 Å². The molecule has 2 amide bonds. The van der Waals surface area contributed by atoms with Crippen LogP contribution in [0.1, 0.15) is 11.1 Å². The number of aryl methyl sites for hydroxylation is 2. The fourth-order valence-electron chi connectivity index (χ4n) is 2.42. The van der Waals surface area contributed by atoms with Crippen molar-refractivity contribution in [3.05, 3.63) is 53.6 Å². The van der Waals surface area contributed by atoms with Crippen molar-refractivity contribution < 1.29 is 19.0 Å². The summed E-state index contributed by atoms with van der Waals surface area (Å²) in [6, 6.07) is 13.0. The quantitative estimate of drug-likeness (QED) is 0.820.